The molecule has 0 aromatic heterocycles. The first-order valence-electron chi connectivity index (χ1n) is 6.82. The number of esters is 1. The number of rotatable bonds is 2. The summed E-state index contributed by atoms with van der Waals surface area (Å²) in [5.74, 6) is -0.0978. The van der Waals surface area contributed by atoms with Crippen LogP contribution in [0.15, 0.2) is 0 Å². The zero-order chi connectivity index (χ0) is 13.0. The van der Waals surface area contributed by atoms with E-state index in [2.05, 4.69) is 0 Å². The molecule has 100 valence electrons. The lowest BCUT2D eigenvalue weighted by molar-refractivity contribution is -0.175. The van der Waals surface area contributed by atoms with E-state index in [1.807, 2.05) is 0 Å². The third kappa shape index (κ3) is 1.50. The van der Waals surface area contributed by atoms with Gasteiger partial charge in [-0.15, -0.1) is 0 Å². The molecule has 0 saturated heterocycles. The lowest BCUT2D eigenvalue weighted by atomic mass is 9.51. The molecule has 18 heavy (non-hydrogen) atoms. The van der Waals surface area contributed by atoms with Crippen LogP contribution in [0.2, 0.25) is 0 Å². The third-order valence-electron chi connectivity index (χ3n) is 5.45. The van der Waals surface area contributed by atoms with Crippen LogP contribution in [0.4, 0.5) is 0 Å². The summed E-state index contributed by atoms with van der Waals surface area (Å²) >= 11 is 0. The molecule has 0 aliphatic heterocycles. The van der Waals surface area contributed by atoms with Crippen molar-refractivity contribution in [2.75, 3.05) is 7.11 Å². The van der Waals surface area contributed by atoms with E-state index in [-0.39, 0.29) is 5.97 Å². The van der Waals surface area contributed by atoms with Gasteiger partial charge in [-0.1, -0.05) is 12.8 Å². The van der Waals surface area contributed by atoms with Gasteiger partial charge in [-0.05, 0) is 43.9 Å². The number of methoxy groups -OCH3 is 1. The number of carboxylic acid groups (broad SMARTS) is 1. The van der Waals surface area contributed by atoms with Crippen molar-refractivity contribution in [1.29, 1.82) is 0 Å². The fourth-order valence-electron chi connectivity index (χ4n) is 5.04. The Kier molecular flexibility index (Phi) is 2.48. The van der Waals surface area contributed by atoms with Gasteiger partial charge in [0.15, 0.2) is 0 Å². The first-order chi connectivity index (χ1) is 8.50. The van der Waals surface area contributed by atoms with E-state index in [0.717, 1.165) is 38.5 Å². The smallest absolute Gasteiger partial charge is 0.311 e. The minimum absolute atomic E-state index is 0.176. The number of carbonyl (C=O) groups excluding carboxylic acids is 1. The standard InChI is InChI=1S/C14H20O4/c1-18-12(17)14-6-9-2-3-10(7-14)5-13(4-9,8-14)11(15)16/h9-10H,2-8H2,1H3,(H,15,16). The molecular formula is C14H20O4. The topological polar surface area (TPSA) is 63.6 Å². The number of hydrogen-bond donors (Lipinski definition) is 1. The summed E-state index contributed by atoms with van der Waals surface area (Å²) in [5.41, 5.74) is -1.16. The molecule has 4 rings (SSSR count). The second-order valence-corrected chi connectivity index (χ2v) is 6.66. The Labute approximate surface area is 107 Å². The van der Waals surface area contributed by atoms with Crippen LogP contribution in [0.5, 0.6) is 0 Å². The maximum atomic E-state index is 12.2. The average molecular weight is 252 g/mol. The normalized spacial score (nSPS) is 45.6. The summed E-state index contributed by atoms with van der Waals surface area (Å²) in [6, 6.07) is 0. The number of carbonyl (C=O) groups is 2. The van der Waals surface area contributed by atoms with Crippen molar-refractivity contribution in [3.63, 3.8) is 0 Å². The Balaban J connectivity index is 2.04. The highest BCUT2D eigenvalue weighted by Gasteiger charge is 2.61. The summed E-state index contributed by atoms with van der Waals surface area (Å²) in [4.78, 5) is 23.9. The van der Waals surface area contributed by atoms with Crippen molar-refractivity contribution < 1.29 is 19.4 Å². The SMILES string of the molecule is COC(=O)C12CC3CCC(CC(C(=O)O)(C3)C1)C2. The number of fused-ring (bicyclic) bond motifs is 1. The van der Waals surface area contributed by atoms with Gasteiger partial charge in [0.25, 0.3) is 0 Å². The van der Waals surface area contributed by atoms with Gasteiger partial charge in [-0.2, -0.15) is 0 Å². The molecule has 4 bridgehead atoms. The van der Waals surface area contributed by atoms with E-state index in [4.69, 9.17) is 4.74 Å². The Morgan fingerprint density at radius 2 is 1.56 bits per heavy atom. The average Bonchev–Trinajstić information content (AvgIpc) is 2.54. The minimum atomic E-state index is -0.702. The van der Waals surface area contributed by atoms with E-state index >= 15 is 0 Å². The molecule has 4 saturated carbocycles. The molecular weight excluding hydrogens is 232 g/mol. The van der Waals surface area contributed by atoms with Crippen LogP contribution in [-0.4, -0.2) is 24.2 Å². The van der Waals surface area contributed by atoms with Crippen LogP contribution < -0.4 is 0 Å². The molecule has 4 aliphatic rings. The Morgan fingerprint density at radius 1 is 1.06 bits per heavy atom. The summed E-state index contributed by atoms with van der Waals surface area (Å²) in [7, 11) is 1.42. The lowest BCUT2D eigenvalue weighted by Crippen LogP contribution is -2.52. The molecule has 0 aromatic rings. The van der Waals surface area contributed by atoms with Crippen LogP contribution in [0.3, 0.4) is 0 Å². The van der Waals surface area contributed by atoms with Crippen molar-refractivity contribution >= 4 is 11.9 Å². The maximum absolute atomic E-state index is 12.2. The lowest BCUT2D eigenvalue weighted by Gasteiger charge is -2.51. The Morgan fingerprint density at radius 3 is 2.00 bits per heavy atom. The van der Waals surface area contributed by atoms with Gasteiger partial charge in [-0.3, -0.25) is 9.59 Å². The van der Waals surface area contributed by atoms with Crippen molar-refractivity contribution in [3.05, 3.63) is 0 Å². The van der Waals surface area contributed by atoms with Gasteiger partial charge in [-0.25, -0.2) is 0 Å². The zero-order valence-electron chi connectivity index (χ0n) is 10.8. The predicted molar refractivity (Wildman–Crippen MR) is 63.8 cm³/mol. The fourth-order valence-corrected chi connectivity index (χ4v) is 5.04. The monoisotopic (exact) mass is 252 g/mol. The van der Waals surface area contributed by atoms with Crippen molar-refractivity contribution in [2.45, 2.75) is 44.9 Å². The van der Waals surface area contributed by atoms with Crippen molar-refractivity contribution in [1.82, 2.24) is 0 Å². The van der Waals surface area contributed by atoms with Crippen LogP contribution >= 0.6 is 0 Å². The molecule has 0 amide bonds. The second-order valence-electron chi connectivity index (χ2n) is 6.66. The van der Waals surface area contributed by atoms with Crippen LogP contribution in [0, 0.1) is 22.7 Å². The van der Waals surface area contributed by atoms with Gasteiger partial charge < -0.3 is 9.84 Å². The Bertz CT molecular complexity index is 385. The molecule has 2 atom stereocenters. The molecule has 0 radical (unpaired) electrons. The van der Waals surface area contributed by atoms with Gasteiger partial charge >= 0.3 is 11.9 Å². The van der Waals surface area contributed by atoms with Gasteiger partial charge in [0.2, 0.25) is 0 Å². The Hall–Kier alpha value is -1.06. The summed E-state index contributed by atoms with van der Waals surface area (Å²) < 4.78 is 4.98. The molecule has 1 N–H and O–H groups in total. The van der Waals surface area contributed by atoms with Crippen molar-refractivity contribution in [2.24, 2.45) is 22.7 Å². The number of hydrogen-bond acceptors (Lipinski definition) is 3. The van der Waals surface area contributed by atoms with Gasteiger partial charge in [0, 0.05) is 0 Å². The summed E-state index contributed by atoms with van der Waals surface area (Å²) in [6.45, 7) is 0. The third-order valence-corrected chi connectivity index (χ3v) is 5.45. The maximum Gasteiger partial charge on any atom is 0.311 e. The largest absolute Gasteiger partial charge is 0.481 e. The van der Waals surface area contributed by atoms with Gasteiger partial charge in [0.05, 0.1) is 17.9 Å². The van der Waals surface area contributed by atoms with Gasteiger partial charge in [0.1, 0.15) is 0 Å². The first kappa shape index (κ1) is 12.0. The minimum Gasteiger partial charge on any atom is -0.481 e. The second kappa shape index (κ2) is 3.72. The van der Waals surface area contributed by atoms with Crippen molar-refractivity contribution in [3.8, 4) is 0 Å². The first-order valence-corrected chi connectivity index (χ1v) is 6.82. The molecule has 2 unspecified atom stereocenters. The predicted octanol–water partition coefficient (Wildman–Crippen LogP) is 2.22. The number of aliphatic carboxylic acids is 1. The molecule has 4 heteroatoms. The molecule has 4 fully saturated rings. The molecule has 0 aromatic carbocycles. The number of carboxylic acids is 1. The van der Waals surface area contributed by atoms with E-state index in [1.54, 1.807) is 0 Å². The van der Waals surface area contributed by atoms with Crippen LogP contribution in [0.25, 0.3) is 0 Å². The van der Waals surface area contributed by atoms with Crippen LogP contribution in [0.1, 0.15) is 44.9 Å². The highest BCUT2D eigenvalue weighted by Crippen LogP contribution is 2.63. The zero-order valence-corrected chi connectivity index (χ0v) is 10.8. The van der Waals surface area contributed by atoms with E-state index in [0.29, 0.717) is 18.3 Å². The molecule has 4 aliphatic carbocycles. The highest BCUT2D eigenvalue weighted by atomic mass is 16.5. The molecule has 4 nitrogen and oxygen atoms in total. The van der Waals surface area contributed by atoms with Crippen LogP contribution in [-0.2, 0) is 14.3 Å². The number of ether oxygens (including phenoxy) is 1. The molecule has 0 heterocycles. The highest BCUT2D eigenvalue weighted by molar-refractivity contribution is 5.81. The summed E-state index contributed by atoms with van der Waals surface area (Å²) in [5, 5.41) is 9.62. The fraction of sp³-hybridized carbons (Fsp3) is 0.857. The van der Waals surface area contributed by atoms with E-state index < -0.39 is 16.8 Å². The quantitative estimate of drug-likeness (QED) is 0.765. The van der Waals surface area contributed by atoms with E-state index in [9.17, 15) is 14.7 Å². The van der Waals surface area contributed by atoms with E-state index in [1.165, 1.54) is 7.11 Å². The molecule has 0 spiro atoms. The summed E-state index contributed by atoms with van der Waals surface area (Å²) in [6.07, 6.45) is 5.86.